The lowest BCUT2D eigenvalue weighted by atomic mass is 10.1. The lowest BCUT2D eigenvalue weighted by Gasteiger charge is -2.14. The molecule has 0 aliphatic heterocycles. The molecule has 0 radical (unpaired) electrons. The molecule has 0 aliphatic carbocycles. The maximum Gasteiger partial charge on any atom is 0.127 e. The summed E-state index contributed by atoms with van der Waals surface area (Å²) in [6.07, 6.45) is 3.43. The van der Waals surface area contributed by atoms with E-state index in [0.29, 0.717) is 0 Å². The topological polar surface area (TPSA) is 43.6 Å². The van der Waals surface area contributed by atoms with E-state index in [1.807, 2.05) is 24.3 Å². The largest absolute Gasteiger partial charge is 0.497 e. The fraction of sp³-hybridized carbons (Fsp3) is 0.333. The summed E-state index contributed by atoms with van der Waals surface area (Å²) in [6.45, 7) is 2.82. The summed E-state index contributed by atoms with van der Waals surface area (Å²) in [7, 11) is 3.31. The summed E-state index contributed by atoms with van der Waals surface area (Å²) in [4.78, 5) is 0. The minimum Gasteiger partial charge on any atom is -0.497 e. The zero-order valence-corrected chi connectivity index (χ0v) is 11.5. The minimum atomic E-state index is 0.227. The first-order valence-corrected chi connectivity index (χ1v) is 6.21. The van der Waals surface area contributed by atoms with Gasteiger partial charge in [-0.25, -0.2) is 0 Å². The zero-order chi connectivity index (χ0) is 13.7. The number of ether oxygens (including phenoxy) is 2. The van der Waals surface area contributed by atoms with E-state index in [1.165, 1.54) is 0 Å². The molecule has 1 heterocycles. The van der Waals surface area contributed by atoms with E-state index in [0.717, 1.165) is 29.2 Å². The molecule has 0 saturated carbocycles. The van der Waals surface area contributed by atoms with Crippen LogP contribution < -0.4 is 14.8 Å². The van der Waals surface area contributed by atoms with Gasteiger partial charge in [0.05, 0.1) is 26.7 Å². The van der Waals surface area contributed by atoms with E-state index in [4.69, 9.17) is 13.9 Å². The van der Waals surface area contributed by atoms with Crippen molar-refractivity contribution in [3.63, 3.8) is 0 Å². The van der Waals surface area contributed by atoms with Crippen molar-refractivity contribution in [2.75, 3.05) is 14.2 Å². The molecule has 0 amide bonds. The number of furan rings is 1. The Morgan fingerprint density at radius 3 is 2.68 bits per heavy atom. The summed E-state index contributed by atoms with van der Waals surface area (Å²) < 4.78 is 15.6. The van der Waals surface area contributed by atoms with Crippen LogP contribution in [0, 0.1) is 0 Å². The van der Waals surface area contributed by atoms with E-state index in [2.05, 4.69) is 12.2 Å². The van der Waals surface area contributed by atoms with Crippen LogP contribution in [0.25, 0.3) is 0 Å². The first-order chi connectivity index (χ1) is 9.24. The number of benzene rings is 1. The van der Waals surface area contributed by atoms with Crippen LogP contribution in [-0.2, 0) is 6.54 Å². The van der Waals surface area contributed by atoms with Gasteiger partial charge in [0, 0.05) is 29.8 Å². The molecule has 2 aromatic rings. The van der Waals surface area contributed by atoms with Crippen molar-refractivity contribution in [3.05, 3.63) is 47.9 Å². The summed E-state index contributed by atoms with van der Waals surface area (Å²) in [5.74, 6) is 1.62. The molecule has 0 saturated heterocycles. The fourth-order valence-electron chi connectivity index (χ4n) is 1.90. The number of nitrogens with one attached hydrogen (secondary N) is 1. The number of hydrogen-bond acceptors (Lipinski definition) is 4. The Hall–Kier alpha value is -1.94. The van der Waals surface area contributed by atoms with Gasteiger partial charge in [0.1, 0.15) is 11.5 Å². The third kappa shape index (κ3) is 3.29. The normalized spacial score (nSPS) is 12.2. The van der Waals surface area contributed by atoms with Crippen molar-refractivity contribution in [2.24, 2.45) is 0 Å². The Kier molecular flexibility index (Phi) is 4.47. The van der Waals surface area contributed by atoms with Crippen molar-refractivity contribution < 1.29 is 13.9 Å². The molecule has 1 unspecified atom stereocenters. The Labute approximate surface area is 113 Å². The van der Waals surface area contributed by atoms with E-state index in [1.54, 1.807) is 26.7 Å². The Balaban J connectivity index is 2.03. The SMILES string of the molecule is COc1ccc(CNC(C)c2ccoc2)c(OC)c1. The lowest BCUT2D eigenvalue weighted by molar-refractivity contribution is 0.389. The van der Waals surface area contributed by atoms with Crippen molar-refractivity contribution in [1.82, 2.24) is 5.32 Å². The zero-order valence-electron chi connectivity index (χ0n) is 11.5. The highest BCUT2D eigenvalue weighted by molar-refractivity contribution is 5.40. The van der Waals surface area contributed by atoms with E-state index in [-0.39, 0.29) is 6.04 Å². The van der Waals surface area contributed by atoms with E-state index < -0.39 is 0 Å². The molecule has 0 bridgehead atoms. The second-order valence-corrected chi connectivity index (χ2v) is 4.34. The summed E-state index contributed by atoms with van der Waals surface area (Å²) in [5.41, 5.74) is 2.23. The first kappa shape index (κ1) is 13.5. The number of methoxy groups -OCH3 is 2. The molecule has 1 N–H and O–H groups in total. The van der Waals surface area contributed by atoms with Gasteiger partial charge in [0.15, 0.2) is 0 Å². The van der Waals surface area contributed by atoms with Crippen molar-refractivity contribution in [1.29, 1.82) is 0 Å². The quantitative estimate of drug-likeness (QED) is 0.867. The Morgan fingerprint density at radius 2 is 2.05 bits per heavy atom. The van der Waals surface area contributed by atoms with Gasteiger partial charge in [-0.1, -0.05) is 6.07 Å². The molecule has 0 fully saturated rings. The second-order valence-electron chi connectivity index (χ2n) is 4.34. The molecule has 0 spiro atoms. The standard InChI is InChI=1S/C15H19NO3/c1-11(13-6-7-19-10-13)16-9-12-4-5-14(17-2)8-15(12)18-3/h4-8,10-11,16H,9H2,1-3H3. The molecular weight excluding hydrogens is 242 g/mol. The predicted octanol–water partition coefficient (Wildman–Crippen LogP) is 3.15. The highest BCUT2D eigenvalue weighted by Crippen LogP contribution is 2.25. The van der Waals surface area contributed by atoms with Crippen molar-refractivity contribution >= 4 is 0 Å². The van der Waals surface area contributed by atoms with Crippen molar-refractivity contribution in [2.45, 2.75) is 19.5 Å². The summed E-state index contributed by atoms with van der Waals surface area (Å²) in [5, 5.41) is 3.43. The third-order valence-electron chi connectivity index (χ3n) is 3.14. The van der Waals surface area contributed by atoms with E-state index >= 15 is 0 Å². The van der Waals surface area contributed by atoms with Crippen LogP contribution in [0.2, 0.25) is 0 Å². The Bertz CT molecular complexity index is 508. The van der Waals surface area contributed by atoms with Gasteiger partial charge in [0.25, 0.3) is 0 Å². The van der Waals surface area contributed by atoms with Crippen LogP contribution in [-0.4, -0.2) is 14.2 Å². The highest BCUT2D eigenvalue weighted by atomic mass is 16.5. The first-order valence-electron chi connectivity index (χ1n) is 6.21. The van der Waals surface area contributed by atoms with E-state index in [9.17, 15) is 0 Å². The van der Waals surface area contributed by atoms with Crippen LogP contribution in [0.5, 0.6) is 11.5 Å². The van der Waals surface area contributed by atoms with Gasteiger partial charge < -0.3 is 19.2 Å². The fourth-order valence-corrected chi connectivity index (χ4v) is 1.90. The lowest BCUT2D eigenvalue weighted by Crippen LogP contribution is -2.18. The highest BCUT2D eigenvalue weighted by Gasteiger charge is 2.09. The number of hydrogen-bond donors (Lipinski definition) is 1. The van der Waals surface area contributed by atoms with Crippen LogP contribution in [0.4, 0.5) is 0 Å². The maximum atomic E-state index is 5.37. The molecule has 0 aliphatic rings. The Morgan fingerprint density at radius 1 is 1.21 bits per heavy atom. The van der Waals surface area contributed by atoms with Crippen LogP contribution in [0.3, 0.4) is 0 Å². The molecule has 4 nitrogen and oxygen atoms in total. The van der Waals surface area contributed by atoms with Gasteiger partial charge in [0.2, 0.25) is 0 Å². The number of rotatable bonds is 6. The molecule has 4 heteroatoms. The smallest absolute Gasteiger partial charge is 0.127 e. The van der Waals surface area contributed by atoms with Crippen molar-refractivity contribution in [3.8, 4) is 11.5 Å². The summed E-state index contributed by atoms with van der Waals surface area (Å²) in [6, 6.07) is 8.02. The molecule has 1 aromatic heterocycles. The molecule has 19 heavy (non-hydrogen) atoms. The van der Waals surface area contributed by atoms with Gasteiger partial charge in [-0.15, -0.1) is 0 Å². The second kappa shape index (κ2) is 6.29. The van der Waals surface area contributed by atoms with Crippen LogP contribution in [0.1, 0.15) is 24.1 Å². The van der Waals surface area contributed by atoms with Gasteiger partial charge >= 0.3 is 0 Å². The predicted molar refractivity (Wildman–Crippen MR) is 73.5 cm³/mol. The molecule has 2 rings (SSSR count). The molecule has 1 aromatic carbocycles. The van der Waals surface area contributed by atoms with Gasteiger partial charge in [-0.2, -0.15) is 0 Å². The average molecular weight is 261 g/mol. The monoisotopic (exact) mass is 261 g/mol. The van der Waals surface area contributed by atoms with Crippen LogP contribution >= 0.6 is 0 Å². The average Bonchev–Trinajstić information content (AvgIpc) is 2.98. The molecule has 102 valence electrons. The maximum absolute atomic E-state index is 5.37. The minimum absolute atomic E-state index is 0.227. The third-order valence-corrected chi connectivity index (χ3v) is 3.14. The van der Waals surface area contributed by atoms with Crippen LogP contribution in [0.15, 0.2) is 41.2 Å². The molecular formula is C15H19NO3. The van der Waals surface area contributed by atoms with Gasteiger partial charge in [-0.3, -0.25) is 0 Å². The van der Waals surface area contributed by atoms with Gasteiger partial charge in [-0.05, 0) is 19.1 Å². The summed E-state index contributed by atoms with van der Waals surface area (Å²) >= 11 is 0. The molecule has 1 atom stereocenters.